The van der Waals surface area contributed by atoms with Crippen molar-refractivity contribution in [3.05, 3.63) is 53.6 Å². The van der Waals surface area contributed by atoms with Crippen LogP contribution in [0.3, 0.4) is 0 Å². The predicted octanol–water partition coefficient (Wildman–Crippen LogP) is 5.91. The first kappa shape index (κ1) is 23.0. The molecule has 4 aromatic rings. The zero-order chi connectivity index (χ0) is 24.8. The van der Waals surface area contributed by atoms with Gasteiger partial charge in [0.05, 0.1) is 30.3 Å². The third-order valence-electron chi connectivity index (χ3n) is 8.09. The van der Waals surface area contributed by atoms with Crippen molar-refractivity contribution in [3.63, 3.8) is 0 Å². The van der Waals surface area contributed by atoms with Gasteiger partial charge in [0.2, 0.25) is 0 Å². The molecule has 2 N–H and O–H groups in total. The number of fused-ring (bicyclic) bond motifs is 2. The molecule has 2 fully saturated rings. The van der Waals surface area contributed by atoms with Crippen LogP contribution in [0.2, 0.25) is 0 Å². The van der Waals surface area contributed by atoms with Crippen LogP contribution in [0.15, 0.2) is 36.5 Å². The number of aromatic nitrogens is 3. The number of rotatable bonds is 5. The number of carboxylic acids is 1. The molecule has 36 heavy (non-hydrogen) atoms. The second-order valence-electron chi connectivity index (χ2n) is 10.1. The molecule has 188 valence electrons. The molecule has 0 spiro atoms. The molecule has 1 saturated heterocycles. The first-order valence-corrected chi connectivity index (χ1v) is 12.7. The van der Waals surface area contributed by atoms with Crippen LogP contribution in [0.4, 0.5) is 4.39 Å². The number of hydrogen-bond donors (Lipinski definition) is 2. The van der Waals surface area contributed by atoms with Crippen LogP contribution >= 0.6 is 0 Å². The van der Waals surface area contributed by atoms with E-state index in [-0.39, 0.29) is 23.5 Å². The van der Waals surface area contributed by atoms with Crippen molar-refractivity contribution in [2.45, 2.75) is 50.4 Å². The van der Waals surface area contributed by atoms with E-state index < -0.39 is 11.8 Å². The number of methoxy groups -OCH3 is 1. The minimum Gasteiger partial charge on any atom is -0.494 e. The average molecular weight is 492 g/mol. The van der Waals surface area contributed by atoms with Crippen LogP contribution < -0.4 is 4.74 Å². The molecule has 7 nitrogen and oxygen atoms in total. The van der Waals surface area contributed by atoms with Crippen molar-refractivity contribution < 1.29 is 23.8 Å². The van der Waals surface area contributed by atoms with Gasteiger partial charge >= 0.3 is 5.97 Å². The average Bonchev–Trinajstić information content (AvgIpc) is 3.50. The first-order chi connectivity index (χ1) is 17.5. The van der Waals surface area contributed by atoms with Crippen LogP contribution in [-0.4, -0.2) is 46.2 Å². The van der Waals surface area contributed by atoms with E-state index >= 15 is 0 Å². The van der Waals surface area contributed by atoms with E-state index in [4.69, 9.17) is 9.47 Å². The third-order valence-corrected chi connectivity index (χ3v) is 8.09. The highest BCUT2D eigenvalue weighted by molar-refractivity contribution is 5.99. The van der Waals surface area contributed by atoms with Crippen molar-refractivity contribution in [2.24, 2.45) is 5.92 Å². The molecule has 2 aromatic carbocycles. The Labute approximate surface area is 208 Å². The maximum absolute atomic E-state index is 14.4. The summed E-state index contributed by atoms with van der Waals surface area (Å²) in [5.74, 6) is -0.620. The van der Waals surface area contributed by atoms with Crippen molar-refractivity contribution in [1.29, 1.82) is 0 Å². The third kappa shape index (κ3) is 3.84. The Morgan fingerprint density at radius 2 is 1.89 bits per heavy atom. The summed E-state index contributed by atoms with van der Waals surface area (Å²) in [5, 5.41) is 19.1. The number of nitrogens with one attached hydrogen (secondary N) is 1. The van der Waals surface area contributed by atoms with Gasteiger partial charge in [-0.05, 0) is 74.3 Å². The van der Waals surface area contributed by atoms with Crippen molar-refractivity contribution in [3.8, 4) is 11.4 Å². The molecule has 6 rings (SSSR count). The summed E-state index contributed by atoms with van der Waals surface area (Å²) in [4.78, 5) is 11.6. The number of benzene rings is 2. The second-order valence-corrected chi connectivity index (χ2v) is 10.1. The van der Waals surface area contributed by atoms with Gasteiger partial charge in [-0.3, -0.25) is 9.89 Å². The van der Waals surface area contributed by atoms with Crippen LogP contribution in [0.5, 0.6) is 5.75 Å². The van der Waals surface area contributed by atoms with E-state index in [9.17, 15) is 14.3 Å². The summed E-state index contributed by atoms with van der Waals surface area (Å²) in [6.45, 7) is 1.41. The minimum absolute atomic E-state index is 0.209. The fourth-order valence-corrected chi connectivity index (χ4v) is 6.27. The number of aliphatic carboxylic acids is 1. The van der Waals surface area contributed by atoms with Gasteiger partial charge < -0.3 is 19.1 Å². The smallest absolute Gasteiger partial charge is 0.306 e. The SMILES string of the molecule is COc1cc(-n2c(C3CCOCC3)c(C3CCC(C(=O)O)CC3)c3cc4[nH]ncc4cc32)ccc1F. The Bertz CT molecular complexity index is 1430. The molecular weight excluding hydrogens is 461 g/mol. The highest BCUT2D eigenvalue weighted by Gasteiger charge is 2.34. The normalized spacial score (nSPS) is 21.3. The Kier molecular flexibility index (Phi) is 5.91. The zero-order valence-electron chi connectivity index (χ0n) is 20.3. The highest BCUT2D eigenvalue weighted by Crippen LogP contribution is 2.47. The Balaban J connectivity index is 1.62. The lowest BCUT2D eigenvalue weighted by atomic mass is 9.76. The van der Waals surface area contributed by atoms with Gasteiger partial charge in [-0.25, -0.2) is 4.39 Å². The molecule has 0 radical (unpaired) electrons. The number of aromatic amines is 1. The summed E-state index contributed by atoms with van der Waals surface area (Å²) >= 11 is 0. The maximum atomic E-state index is 14.4. The molecule has 1 aliphatic carbocycles. The lowest BCUT2D eigenvalue weighted by Gasteiger charge is -2.31. The van der Waals surface area contributed by atoms with Crippen LogP contribution in [0.25, 0.3) is 27.5 Å². The molecule has 1 aliphatic heterocycles. The number of carbonyl (C=O) groups is 1. The van der Waals surface area contributed by atoms with E-state index in [1.54, 1.807) is 6.07 Å². The van der Waals surface area contributed by atoms with Crippen LogP contribution in [-0.2, 0) is 9.53 Å². The van der Waals surface area contributed by atoms with Gasteiger partial charge in [-0.1, -0.05) is 0 Å². The summed E-state index contributed by atoms with van der Waals surface area (Å²) in [6, 6.07) is 9.37. The van der Waals surface area contributed by atoms with E-state index in [0.717, 1.165) is 53.2 Å². The molecule has 8 heteroatoms. The van der Waals surface area contributed by atoms with E-state index in [0.29, 0.717) is 26.1 Å². The summed E-state index contributed by atoms with van der Waals surface area (Å²) in [5.41, 5.74) is 5.40. The van der Waals surface area contributed by atoms with E-state index in [2.05, 4.69) is 26.9 Å². The Hall–Kier alpha value is -3.39. The van der Waals surface area contributed by atoms with Gasteiger partial charge in [0, 0.05) is 47.4 Å². The lowest BCUT2D eigenvalue weighted by Crippen LogP contribution is -2.23. The Morgan fingerprint density at radius 3 is 2.61 bits per heavy atom. The van der Waals surface area contributed by atoms with Gasteiger partial charge in [0.1, 0.15) is 0 Å². The van der Waals surface area contributed by atoms with Crippen molar-refractivity contribution in [2.75, 3.05) is 20.3 Å². The van der Waals surface area contributed by atoms with Gasteiger partial charge in [0.15, 0.2) is 11.6 Å². The monoisotopic (exact) mass is 491 g/mol. The molecule has 0 amide bonds. The van der Waals surface area contributed by atoms with Crippen LogP contribution in [0.1, 0.15) is 61.6 Å². The predicted molar refractivity (Wildman–Crippen MR) is 135 cm³/mol. The van der Waals surface area contributed by atoms with Gasteiger partial charge in [-0.2, -0.15) is 5.10 Å². The van der Waals surface area contributed by atoms with E-state index in [1.807, 2.05) is 12.3 Å². The molecule has 0 unspecified atom stereocenters. The standard InChI is InChI=1S/C28H30FN3O4/c1-35-25-13-20(6-7-22(25)29)32-24-12-19-15-30-31-23(19)14-21(24)26(27(32)17-8-10-36-11-9-17)16-2-4-18(5-3-16)28(33)34/h6-7,12-18H,2-5,8-11H2,1H3,(H,30,31)(H,33,34). The summed E-state index contributed by atoms with van der Waals surface area (Å²) in [6.07, 6.45) is 6.66. The minimum atomic E-state index is -0.696. The molecular formula is C28H30FN3O4. The number of hydrogen-bond acceptors (Lipinski definition) is 4. The number of H-pyrrole nitrogens is 1. The van der Waals surface area contributed by atoms with E-state index in [1.165, 1.54) is 24.4 Å². The van der Waals surface area contributed by atoms with Gasteiger partial charge in [0.25, 0.3) is 0 Å². The van der Waals surface area contributed by atoms with Crippen LogP contribution in [0, 0.1) is 11.7 Å². The molecule has 3 heterocycles. The number of carboxylic acid groups (broad SMARTS) is 1. The lowest BCUT2D eigenvalue weighted by molar-refractivity contribution is -0.142. The van der Waals surface area contributed by atoms with Gasteiger partial charge in [-0.15, -0.1) is 0 Å². The first-order valence-electron chi connectivity index (χ1n) is 12.7. The molecule has 2 aliphatic rings. The number of halogens is 1. The fraction of sp³-hybridized carbons (Fsp3) is 0.429. The molecule has 1 saturated carbocycles. The van der Waals surface area contributed by atoms with Crippen molar-refractivity contribution in [1.82, 2.24) is 14.8 Å². The quantitative estimate of drug-likeness (QED) is 0.362. The summed E-state index contributed by atoms with van der Waals surface area (Å²) in [7, 11) is 1.48. The zero-order valence-corrected chi connectivity index (χ0v) is 20.3. The topological polar surface area (TPSA) is 89.4 Å². The Morgan fingerprint density at radius 1 is 1.11 bits per heavy atom. The number of nitrogens with zero attached hydrogens (tertiary/aromatic N) is 2. The van der Waals surface area contributed by atoms with Crippen molar-refractivity contribution >= 4 is 27.8 Å². The molecule has 0 bridgehead atoms. The largest absolute Gasteiger partial charge is 0.494 e. The molecule has 0 atom stereocenters. The summed E-state index contributed by atoms with van der Waals surface area (Å²) < 4.78 is 27.7. The maximum Gasteiger partial charge on any atom is 0.306 e. The fourth-order valence-electron chi connectivity index (χ4n) is 6.27. The number of ether oxygens (including phenoxy) is 2. The second kappa shape index (κ2) is 9.24. The highest BCUT2D eigenvalue weighted by atomic mass is 19.1. The molecule has 2 aromatic heterocycles.